The summed E-state index contributed by atoms with van der Waals surface area (Å²) in [5.41, 5.74) is 0.653. The molecule has 3 atom stereocenters. The second-order valence-corrected chi connectivity index (χ2v) is 6.67. The number of hydrogen-bond donors (Lipinski definition) is 2. The van der Waals surface area contributed by atoms with Gasteiger partial charge in [-0.2, -0.15) is 0 Å². The largest absolute Gasteiger partial charge is 0.497 e. The lowest BCUT2D eigenvalue weighted by atomic mass is 9.95. The second-order valence-electron chi connectivity index (χ2n) is 6.67. The average Bonchev–Trinajstić information content (AvgIpc) is 3.25. The summed E-state index contributed by atoms with van der Waals surface area (Å²) in [6, 6.07) is 15.9. The molecule has 0 aromatic heterocycles. The first-order valence-electron chi connectivity index (χ1n) is 8.70. The first-order chi connectivity index (χ1) is 12.2. The van der Waals surface area contributed by atoms with Crippen molar-refractivity contribution >= 4 is 5.91 Å². The normalized spacial score (nSPS) is 24.1. The van der Waals surface area contributed by atoms with Crippen LogP contribution in [0.4, 0.5) is 0 Å². The van der Waals surface area contributed by atoms with Gasteiger partial charge in [0, 0.05) is 29.8 Å². The first-order valence-corrected chi connectivity index (χ1v) is 8.70. The van der Waals surface area contributed by atoms with Crippen LogP contribution >= 0.6 is 0 Å². The highest BCUT2D eigenvalue weighted by Crippen LogP contribution is 2.29. The maximum absolute atomic E-state index is 12.4. The molecule has 2 heterocycles. The Morgan fingerprint density at radius 1 is 1.08 bits per heavy atom. The summed E-state index contributed by atoms with van der Waals surface area (Å²) in [4.78, 5) is 12.4. The number of amides is 1. The van der Waals surface area contributed by atoms with Crippen molar-refractivity contribution in [2.45, 2.75) is 37.4 Å². The average molecular weight is 338 g/mol. The first kappa shape index (κ1) is 16.0. The van der Waals surface area contributed by atoms with Gasteiger partial charge < -0.3 is 20.1 Å². The molecule has 3 unspecified atom stereocenters. The van der Waals surface area contributed by atoms with E-state index in [1.54, 1.807) is 19.2 Å². The van der Waals surface area contributed by atoms with Crippen molar-refractivity contribution in [3.63, 3.8) is 0 Å². The molecule has 2 N–H and O–H groups in total. The van der Waals surface area contributed by atoms with Crippen molar-refractivity contribution in [3.05, 3.63) is 54.1 Å². The SMILES string of the molecule is COc1cccc(Oc2ccc(C(=O)NC3CC4CCC3N4)cc2)c1. The van der Waals surface area contributed by atoms with Gasteiger partial charge in [0.05, 0.1) is 7.11 Å². The third-order valence-corrected chi connectivity index (χ3v) is 5.01. The fourth-order valence-electron chi connectivity index (χ4n) is 3.71. The fourth-order valence-corrected chi connectivity index (χ4v) is 3.71. The fraction of sp³-hybridized carbons (Fsp3) is 0.350. The molecule has 0 radical (unpaired) electrons. The number of carbonyl (C=O) groups excluding carboxylic acids is 1. The minimum absolute atomic E-state index is 0.0210. The molecule has 5 heteroatoms. The van der Waals surface area contributed by atoms with Crippen LogP contribution in [-0.2, 0) is 0 Å². The van der Waals surface area contributed by atoms with Gasteiger partial charge in [-0.25, -0.2) is 0 Å². The number of nitrogens with one attached hydrogen (secondary N) is 2. The van der Waals surface area contributed by atoms with Gasteiger partial charge in [0.2, 0.25) is 0 Å². The quantitative estimate of drug-likeness (QED) is 0.879. The summed E-state index contributed by atoms with van der Waals surface area (Å²) < 4.78 is 11.0. The van der Waals surface area contributed by atoms with Crippen molar-refractivity contribution in [1.29, 1.82) is 0 Å². The van der Waals surface area contributed by atoms with Gasteiger partial charge in [0.15, 0.2) is 0 Å². The van der Waals surface area contributed by atoms with E-state index in [2.05, 4.69) is 10.6 Å². The number of rotatable bonds is 5. The minimum atomic E-state index is -0.0210. The van der Waals surface area contributed by atoms with Gasteiger partial charge in [-0.05, 0) is 55.7 Å². The lowest BCUT2D eigenvalue weighted by Crippen LogP contribution is -2.42. The molecule has 2 aromatic rings. The standard InChI is InChI=1S/C20H22N2O3/c1-24-16-3-2-4-17(12-16)25-15-8-5-13(6-9-15)20(23)22-19-11-14-7-10-18(19)21-14/h2-6,8-9,12,14,18-19,21H,7,10-11H2,1H3,(H,22,23). The highest BCUT2D eigenvalue weighted by molar-refractivity contribution is 5.94. The van der Waals surface area contributed by atoms with E-state index < -0.39 is 0 Å². The van der Waals surface area contributed by atoms with Crippen molar-refractivity contribution in [3.8, 4) is 17.2 Å². The van der Waals surface area contributed by atoms with Crippen LogP contribution in [0.25, 0.3) is 0 Å². The topological polar surface area (TPSA) is 59.6 Å². The molecule has 2 aromatic carbocycles. The van der Waals surface area contributed by atoms with Crippen LogP contribution in [0.3, 0.4) is 0 Å². The molecule has 0 saturated carbocycles. The van der Waals surface area contributed by atoms with Crippen LogP contribution in [-0.4, -0.2) is 31.1 Å². The summed E-state index contributed by atoms with van der Waals surface area (Å²) in [7, 11) is 1.62. The number of ether oxygens (including phenoxy) is 2. The Morgan fingerprint density at radius 3 is 2.56 bits per heavy atom. The van der Waals surface area contributed by atoms with Crippen LogP contribution in [0.2, 0.25) is 0 Å². The van der Waals surface area contributed by atoms with E-state index in [1.165, 1.54) is 6.42 Å². The smallest absolute Gasteiger partial charge is 0.251 e. The van der Waals surface area contributed by atoms with Gasteiger partial charge >= 0.3 is 0 Å². The molecule has 2 saturated heterocycles. The van der Waals surface area contributed by atoms with Crippen LogP contribution in [0.1, 0.15) is 29.6 Å². The van der Waals surface area contributed by atoms with Gasteiger partial charge in [-0.3, -0.25) is 4.79 Å². The molecule has 0 spiro atoms. The Balaban J connectivity index is 1.38. The van der Waals surface area contributed by atoms with E-state index in [0.717, 1.165) is 18.6 Å². The maximum Gasteiger partial charge on any atom is 0.251 e. The number of carbonyl (C=O) groups is 1. The summed E-state index contributed by atoms with van der Waals surface area (Å²) in [5.74, 6) is 2.11. The van der Waals surface area contributed by atoms with E-state index in [1.807, 2.05) is 36.4 Å². The molecule has 25 heavy (non-hydrogen) atoms. The Morgan fingerprint density at radius 2 is 1.88 bits per heavy atom. The van der Waals surface area contributed by atoms with E-state index in [4.69, 9.17) is 9.47 Å². The number of methoxy groups -OCH3 is 1. The van der Waals surface area contributed by atoms with E-state index in [9.17, 15) is 4.79 Å². The molecule has 2 bridgehead atoms. The molecule has 5 nitrogen and oxygen atoms in total. The predicted molar refractivity (Wildman–Crippen MR) is 95.3 cm³/mol. The molecule has 2 fully saturated rings. The molecule has 2 aliphatic heterocycles. The Kier molecular flexibility index (Phi) is 4.32. The zero-order chi connectivity index (χ0) is 17.2. The third-order valence-electron chi connectivity index (χ3n) is 5.01. The van der Waals surface area contributed by atoms with Gasteiger partial charge in [0.25, 0.3) is 5.91 Å². The number of hydrogen-bond acceptors (Lipinski definition) is 4. The minimum Gasteiger partial charge on any atom is -0.497 e. The lowest BCUT2D eigenvalue weighted by Gasteiger charge is -2.21. The van der Waals surface area contributed by atoms with Crippen LogP contribution in [0.15, 0.2) is 48.5 Å². The Bertz CT molecular complexity index is 760. The maximum atomic E-state index is 12.4. The van der Waals surface area contributed by atoms with Crippen LogP contribution in [0, 0.1) is 0 Å². The van der Waals surface area contributed by atoms with Gasteiger partial charge in [-0.1, -0.05) is 6.07 Å². The van der Waals surface area contributed by atoms with Crippen LogP contribution in [0.5, 0.6) is 17.2 Å². The van der Waals surface area contributed by atoms with E-state index in [-0.39, 0.29) is 11.9 Å². The Hall–Kier alpha value is -2.53. The molecular formula is C20H22N2O3. The van der Waals surface area contributed by atoms with Crippen molar-refractivity contribution in [1.82, 2.24) is 10.6 Å². The van der Waals surface area contributed by atoms with E-state index >= 15 is 0 Å². The van der Waals surface area contributed by atoms with Crippen molar-refractivity contribution in [2.24, 2.45) is 0 Å². The predicted octanol–water partition coefficient (Wildman–Crippen LogP) is 3.11. The zero-order valence-electron chi connectivity index (χ0n) is 14.2. The molecule has 4 rings (SSSR count). The van der Waals surface area contributed by atoms with Crippen LogP contribution < -0.4 is 20.1 Å². The lowest BCUT2D eigenvalue weighted by molar-refractivity contribution is 0.0931. The molecule has 0 aliphatic carbocycles. The molecule has 130 valence electrons. The summed E-state index contributed by atoms with van der Waals surface area (Å²) in [6.45, 7) is 0. The number of fused-ring (bicyclic) bond motifs is 2. The molecule has 2 aliphatic rings. The zero-order valence-corrected chi connectivity index (χ0v) is 14.2. The molecular weight excluding hydrogens is 316 g/mol. The third kappa shape index (κ3) is 3.46. The second kappa shape index (κ2) is 6.76. The van der Waals surface area contributed by atoms with Gasteiger partial charge in [-0.15, -0.1) is 0 Å². The highest BCUT2D eigenvalue weighted by atomic mass is 16.5. The van der Waals surface area contributed by atoms with Crippen molar-refractivity contribution in [2.75, 3.05) is 7.11 Å². The van der Waals surface area contributed by atoms with E-state index in [0.29, 0.717) is 29.1 Å². The van der Waals surface area contributed by atoms with Gasteiger partial charge in [0.1, 0.15) is 17.2 Å². The molecule has 1 amide bonds. The summed E-state index contributed by atoms with van der Waals surface area (Å²) in [6.07, 6.45) is 3.42. The summed E-state index contributed by atoms with van der Waals surface area (Å²) in [5, 5.41) is 6.69. The number of benzene rings is 2. The van der Waals surface area contributed by atoms with Crippen molar-refractivity contribution < 1.29 is 14.3 Å². The summed E-state index contributed by atoms with van der Waals surface area (Å²) >= 11 is 0. The Labute approximate surface area is 147 Å². The highest BCUT2D eigenvalue weighted by Gasteiger charge is 2.39. The monoisotopic (exact) mass is 338 g/mol.